The quantitative estimate of drug-likeness (QED) is 0.528. The average molecular weight is 322 g/mol. The zero-order valence-electron chi connectivity index (χ0n) is 15.4. The molecule has 24 heavy (non-hydrogen) atoms. The van der Waals surface area contributed by atoms with Gasteiger partial charge in [-0.3, -0.25) is 0 Å². The Bertz CT molecular complexity index is 891. The monoisotopic (exact) mass is 322 g/mol. The van der Waals surface area contributed by atoms with Gasteiger partial charge in [0.1, 0.15) is 11.5 Å². The summed E-state index contributed by atoms with van der Waals surface area (Å²) >= 11 is 0. The molecule has 0 saturated carbocycles. The predicted octanol–water partition coefficient (Wildman–Crippen LogP) is 6.26. The highest BCUT2D eigenvalue weighted by Gasteiger charge is 2.22. The van der Waals surface area contributed by atoms with Crippen LogP contribution in [0.2, 0.25) is 0 Å². The van der Waals surface area contributed by atoms with Gasteiger partial charge < -0.3 is 9.47 Å². The summed E-state index contributed by atoms with van der Waals surface area (Å²) in [6, 6.07) is 12.7. The molecular formula is C22H26O2. The summed E-state index contributed by atoms with van der Waals surface area (Å²) in [7, 11) is 3.51. The normalized spacial score (nSPS) is 11.7. The Balaban J connectivity index is 2.63. The van der Waals surface area contributed by atoms with Gasteiger partial charge in [-0.25, -0.2) is 0 Å². The van der Waals surface area contributed by atoms with E-state index < -0.39 is 0 Å². The smallest absolute Gasteiger partial charge is 0.135 e. The van der Waals surface area contributed by atoms with E-state index in [-0.39, 0.29) is 0 Å². The maximum absolute atomic E-state index is 5.91. The summed E-state index contributed by atoms with van der Waals surface area (Å²) in [5, 5.41) is 4.51. The topological polar surface area (TPSA) is 18.5 Å². The Morgan fingerprint density at radius 2 is 1.25 bits per heavy atom. The first-order chi connectivity index (χ1) is 11.5. The molecule has 3 aromatic rings. The van der Waals surface area contributed by atoms with E-state index >= 15 is 0 Å². The van der Waals surface area contributed by atoms with E-state index in [2.05, 4.69) is 58.0 Å². The van der Waals surface area contributed by atoms with E-state index in [4.69, 9.17) is 9.47 Å². The fraction of sp³-hybridized carbons (Fsp3) is 0.364. The molecule has 126 valence electrons. The second-order valence-corrected chi connectivity index (χ2v) is 6.91. The highest BCUT2D eigenvalue weighted by Crippen LogP contribution is 2.47. The van der Waals surface area contributed by atoms with Gasteiger partial charge in [0.25, 0.3) is 0 Å². The summed E-state index contributed by atoms with van der Waals surface area (Å²) in [4.78, 5) is 0. The molecule has 0 radical (unpaired) electrons. The van der Waals surface area contributed by atoms with Crippen LogP contribution < -0.4 is 9.47 Å². The molecule has 0 aliphatic rings. The van der Waals surface area contributed by atoms with Crippen molar-refractivity contribution in [2.24, 2.45) is 0 Å². The molecule has 0 atom stereocenters. The molecule has 0 heterocycles. The lowest BCUT2D eigenvalue weighted by molar-refractivity contribution is 0.417. The maximum Gasteiger partial charge on any atom is 0.135 e. The van der Waals surface area contributed by atoms with Crippen molar-refractivity contribution >= 4 is 21.5 Å². The van der Waals surface area contributed by atoms with E-state index in [1.807, 2.05) is 6.07 Å². The van der Waals surface area contributed by atoms with Gasteiger partial charge >= 0.3 is 0 Å². The SMILES string of the molecule is COc1c2ccccc2c(OC)c2c(C(C)C)c(C(C)C)ccc12. The summed E-state index contributed by atoms with van der Waals surface area (Å²) in [5.74, 6) is 2.76. The number of fused-ring (bicyclic) bond motifs is 2. The lowest BCUT2D eigenvalue weighted by atomic mass is 9.84. The van der Waals surface area contributed by atoms with E-state index in [0.717, 1.165) is 27.7 Å². The fourth-order valence-electron chi connectivity index (χ4n) is 3.79. The zero-order valence-corrected chi connectivity index (χ0v) is 15.4. The van der Waals surface area contributed by atoms with Crippen LogP contribution in [0.25, 0.3) is 21.5 Å². The number of hydrogen-bond acceptors (Lipinski definition) is 2. The molecule has 0 bridgehead atoms. The number of methoxy groups -OCH3 is 2. The molecule has 3 rings (SSSR count). The van der Waals surface area contributed by atoms with Gasteiger partial charge in [-0.2, -0.15) is 0 Å². The van der Waals surface area contributed by atoms with E-state index in [1.54, 1.807) is 14.2 Å². The Kier molecular flexibility index (Phi) is 4.40. The van der Waals surface area contributed by atoms with Crippen LogP contribution in [-0.4, -0.2) is 14.2 Å². The third-order valence-corrected chi connectivity index (χ3v) is 4.77. The highest BCUT2D eigenvalue weighted by molar-refractivity contribution is 6.12. The van der Waals surface area contributed by atoms with Crippen molar-refractivity contribution in [3.8, 4) is 11.5 Å². The summed E-state index contributed by atoms with van der Waals surface area (Å²) < 4.78 is 11.7. The van der Waals surface area contributed by atoms with Crippen LogP contribution in [0.4, 0.5) is 0 Å². The Morgan fingerprint density at radius 3 is 1.75 bits per heavy atom. The van der Waals surface area contributed by atoms with Crippen LogP contribution in [0.5, 0.6) is 11.5 Å². The molecule has 0 aromatic heterocycles. The van der Waals surface area contributed by atoms with E-state index in [9.17, 15) is 0 Å². The summed E-state index contributed by atoms with van der Waals surface area (Å²) in [6.07, 6.45) is 0. The molecule has 0 saturated heterocycles. The molecule has 2 nitrogen and oxygen atoms in total. The lowest BCUT2D eigenvalue weighted by Crippen LogP contribution is -2.03. The first-order valence-corrected chi connectivity index (χ1v) is 8.60. The molecule has 2 heteroatoms. The first kappa shape index (κ1) is 16.6. The van der Waals surface area contributed by atoms with Gasteiger partial charge in [0, 0.05) is 21.5 Å². The van der Waals surface area contributed by atoms with Crippen LogP contribution in [0.15, 0.2) is 36.4 Å². The second-order valence-electron chi connectivity index (χ2n) is 6.91. The van der Waals surface area contributed by atoms with Gasteiger partial charge in [-0.05, 0) is 23.0 Å². The van der Waals surface area contributed by atoms with Crippen LogP contribution in [0.3, 0.4) is 0 Å². The second kappa shape index (κ2) is 6.35. The molecule has 0 amide bonds. The van der Waals surface area contributed by atoms with Crippen molar-refractivity contribution in [3.63, 3.8) is 0 Å². The van der Waals surface area contributed by atoms with E-state index in [0.29, 0.717) is 11.8 Å². The number of hydrogen-bond donors (Lipinski definition) is 0. The third-order valence-electron chi connectivity index (χ3n) is 4.77. The fourth-order valence-corrected chi connectivity index (χ4v) is 3.79. The van der Waals surface area contributed by atoms with Crippen molar-refractivity contribution in [1.29, 1.82) is 0 Å². The predicted molar refractivity (Wildman–Crippen MR) is 103 cm³/mol. The average Bonchev–Trinajstić information content (AvgIpc) is 2.58. The van der Waals surface area contributed by atoms with Crippen molar-refractivity contribution in [2.75, 3.05) is 14.2 Å². The number of ether oxygens (including phenoxy) is 2. The molecule has 0 aliphatic heterocycles. The zero-order chi connectivity index (χ0) is 17.4. The largest absolute Gasteiger partial charge is 0.495 e. The Morgan fingerprint density at radius 1 is 0.667 bits per heavy atom. The molecule has 3 aromatic carbocycles. The van der Waals surface area contributed by atoms with Gasteiger partial charge in [-0.15, -0.1) is 0 Å². The van der Waals surface area contributed by atoms with Crippen LogP contribution in [-0.2, 0) is 0 Å². The van der Waals surface area contributed by atoms with Crippen molar-refractivity contribution < 1.29 is 9.47 Å². The van der Waals surface area contributed by atoms with Crippen molar-refractivity contribution in [1.82, 2.24) is 0 Å². The first-order valence-electron chi connectivity index (χ1n) is 8.60. The minimum atomic E-state index is 0.408. The minimum Gasteiger partial charge on any atom is -0.495 e. The highest BCUT2D eigenvalue weighted by atomic mass is 16.5. The molecule has 0 N–H and O–H groups in total. The molecular weight excluding hydrogens is 296 g/mol. The van der Waals surface area contributed by atoms with E-state index in [1.165, 1.54) is 16.5 Å². The molecule has 0 fully saturated rings. The third kappa shape index (κ3) is 2.41. The van der Waals surface area contributed by atoms with Crippen LogP contribution in [0.1, 0.15) is 50.7 Å². The van der Waals surface area contributed by atoms with Crippen LogP contribution in [0, 0.1) is 0 Å². The van der Waals surface area contributed by atoms with Gasteiger partial charge in [0.2, 0.25) is 0 Å². The number of benzene rings is 3. The lowest BCUT2D eigenvalue weighted by Gasteiger charge is -2.23. The van der Waals surface area contributed by atoms with Gasteiger partial charge in [0.15, 0.2) is 0 Å². The minimum absolute atomic E-state index is 0.408. The standard InChI is InChI=1S/C22H26O2/c1-13(2)15-11-12-18-20(19(15)14(3)4)22(24-6)17-10-8-7-9-16(17)21(18)23-5/h7-14H,1-6H3. The van der Waals surface area contributed by atoms with Crippen LogP contribution >= 0.6 is 0 Å². The van der Waals surface area contributed by atoms with Gasteiger partial charge in [0.05, 0.1) is 14.2 Å². The van der Waals surface area contributed by atoms with Gasteiger partial charge in [-0.1, -0.05) is 64.1 Å². The molecule has 0 spiro atoms. The van der Waals surface area contributed by atoms with Crippen molar-refractivity contribution in [2.45, 2.75) is 39.5 Å². The summed E-state index contributed by atoms with van der Waals surface area (Å²) in [6.45, 7) is 9.00. The van der Waals surface area contributed by atoms with Crippen molar-refractivity contribution in [3.05, 3.63) is 47.5 Å². The Hall–Kier alpha value is -2.22. The Labute approximate surface area is 144 Å². The number of rotatable bonds is 4. The summed E-state index contributed by atoms with van der Waals surface area (Å²) in [5.41, 5.74) is 2.75. The molecule has 0 aliphatic carbocycles. The maximum atomic E-state index is 5.91. The molecule has 0 unspecified atom stereocenters.